The van der Waals surface area contributed by atoms with Crippen molar-refractivity contribution in [1.82, 2.24) is 9.62 Å². The van der Waals surface area contributed by atoms with E-state index >= 15 is 0 Å². The van der Waals surface area contributed by atoms with Gasteiger partial charge in [-0.2, -0.15) is 4.31 Å². The molecule has 0 radical (unpaired) electrons. The molecule has 2 unspecified atom stereocenters. The van der Waals surface area contributed by atoms with Crippen LogP contribution in [0.15, 0.2) is 23.1 Å². The first-order valence-electron chi connectivity index (χ1n) is 7.51. The van der Waals surface area contributed by atoms with Gasteiger partial charge in [-0.3, -0.25) is 4.79 Å². The number of halogens is 1. The molecule has 0 spiro atoms. The van der Waals surface area contributed by atoms with Crippen LogP contribution in [0.25, 0.3) is 0 Å². The number of fused-ring (bicyclic) bond motifs is 1. The highest BCUT2D eigenvalue weighted by Crippen LogP contribution is 2.30. The summed E-state index contributed by atoms with van der Waals surface area (Å²) in [6.45, 7) is 4.67. The van der Waals surface area contributed by atoms with Crippen LogP contribution in [0.4, 0.5) is 0 Å². The second-order valence-electron chi connectivity index (χ2n) is 6.17. The molecule has 2 aliphatic heterocycles. The molecule has 1 aromatic rings. The number of primary amides is 1. The Balaban J connectivity index is 0.00000192. The summed E-state index contributed by atoms with van der Waals surface area (Å²) in [5, 5.41) is 3.32. The van der Waals surface area contributed by atoms with Crippen molar-refractivity contribution in [3.8, 4) is 0 Å². The molecule has 2 atom stereocenters. The maximum atomic E-state index is 12.8. The molecule has 2 fully saturated rings. The van der Waals surface area contributed by atoms with Gasteiger partial charge in [-0.05, 0) is 56.0 Å². The van der Waals surface area contributed by atoms with Gasteiger partial charge in [0, 0.05) is 18.7 Å². The van der Waals surface area contributed by atoms with Gasteiger partial charge >= 0.3 is 0 Å². The number of piperidine rings is 1. The van der Waals surface area contributed by atoms with Crippen molar-refractivity contribution in [2.75, 3.05) is 26.2 Å². The van der Waals surface area contributed by atoms with Gasteiger partial charge in [-0.1, -0.05) is 6.07 Å². The van der Waals surface area contributed by atoms with Crippen LogP contribution in [0.2, 0.25) is 0 Å². The van der Waals surface area contributed by atoms with E-state index in [9.17, 15) is 13.2 Å². The van der Waals surface area contributed by atoms with Gasteiger partial charge in [-0.25, -0.2) is 8.42 Å². The molecule has 1 amide bonds. The van der Waals surface area contributed by atoms with Crippen LogP contribution < -0.4 is 11.1 Å². The Bertz CT molecular complexity index is 708. The molecule has 0 bridgehead atoms. The van der Waals surface area contributed by atoms with Gasteiger partial charge in [0.25, 0.3) is 0 Å². The number of carbonyl (C=O) groups excluding carboxylic acids is 1. The summed E-state index contributed by atoms with van der Waals surface area (Å²) in [4.78, 5) is 11.6. The van der Waals surface area contributed by atoms with Crippen LogP contribution in [0.1, 0.15) is 22.3 Å². The normalized spacial score (nSPS) is 24.7. The fraction of sp³-hybridized carbons (Fsp3) is 0.533. The topological polar surface area (TPSA) is 92.5 Å². The Hall–Kier alpha value is -1.15. The summed E-state index contributed by atoms with van der Waals surface area (Å²) >= 11 is 0. The van der Waals surface area contributed by atoms with Crippen molar-refractivity contribution in [2.45, 2.75) is 18.2 Å². The van der Waals surface area contributed by atoms with E-state index in [0.29, 0.717) is 30.5 Å². The smallest absolute Gasteiger partial charge is 0.249 e. The highest BCUT2D eigenvalue weighted by molar-refractivity contribution is 7.89. The monoisotopic (exact) mass is 359 g/mol. The lowest BCUT2D eigenvalue weighted by Gasteiger charge is -2.33. The zero-order chi connectivity index (χ0) is 15.9. The van der Waals surface area contributed by atoms with Crippen molar-refractivity contribution in [2.24, 2.45) is 17.6 Å². The van der Waals surface area contributed by atoms with Crippen LogP contribution in [0, 0.1) is 18.8 Å². The van der Waals surface area contributed by atoms with Crippen LogP contribution in [-0.4, -0.2) is 44.8 Å². The van der Waals surface area contributed by atoms with E-state index < -0.39 is 15.9 Å². The van der Waals surface area contributed by atoms with Crippen molar-refractivity contribution in [1.29, 1.82) is 0 Å². The van der Waals surface area contributed by atoms with E-state index in [1.165, 1.54) is 10.4 Å². The average Bonchev–Trinajstić information content (AvgIpc) is 2.94. The summed E-state index contributed by atoms with van der Waals surface area (Å²) in [5.74, 6) is 0.350. The highest BCUT2D eigenvalue weighted by atomic mass is 35.5. The first-order valence-corrected chi connectivity index (χ1v) is 8.95. The molecule has 8 heteroatoms. The van der Waals surface area contributed by atoms with Gasteiger partial charge in [0.2, 0.25) is 15.9 Å². The minimum absolute atomic E-state index is 0. The van der Waals surface area contributed by atoms with Crippen LogP contribution in [-0.2, 0) is 10.0 Å². The van der Waals surface area contributed by atoms with Crippen molar-refractivity contribution in [3.05, 3.63) is 29.3 Å². The van der Waals surface area contributed by atoms with Gasteiger partial charge in [-0.15, -0.1) is 12.4 Å². The predicted octanol–water partition coefficient (Wildman–Crippen LogP) is 0.746. The average molecular weight is 360 g/mol. The quantitative estimate of drug-likeness (QED) is 0.832. The lowest BCUT2D eigenvalue weighted by molar-refractivity contribution is 0.0999. The number of benzene rings is 1. The molecule has 23 heavy (non-hydrogen) atoms. The minimum atomic E-state index is -3.58. The molecule has 6 nitrogen and oxygen atoms in total. The molecule has 3 rings (SSSR count). The maximum absolute atomic E-state index is 12.8. The van der Waals surface area contributed by atoms with E-state index in [2.05, 4.69) is 5.32 Å². The van der Waals surface area contributed by atoms with Gasteiger partial charge in [0.05, 0.1) is 4.90 Å². The van der Waals surface area contributed by atoms with Crippen LogP contribution in [0.3, 0.4) is 0 Å². The molecule has 0 saturated carbocycles. The zero-order valence-corrected chi connectivity index (χ0v) is 14.6. The molecular weight excluding hydrogens is 338 g/mol. The van der Waals surface area contributed by atoms with Crippen molar-refractivity contribution < 1.29 is 13.2 Å². The molecule has 2 saturated heterocycles. The summed E-state index contributed by atoms with van der Waals surface area (Å²) in [5.41, 5.74) is 6.27. The molecule has 2 aliphatic rings. The lowest BCUT2D eigenvalue weighted by atomic mass is 9.90. The molecule has 128 valence electrons. The Kier molecular flexibility index (Phi) is 5.35. The van der Waals surface area contributed by atoms with Crippen LogP contribution in [0.5, 0.6) is 0 Å². The van der Waals surface area contributed by atoms with E-state index in [1.54, 1.807) is 19.1 Å². The van der Waals surface area contributed by atoms with E-state index in [0.717, 1.165) is 19.5 Å². The number of hydrogen-bond donors (Lipinski definition) is 2. The minimum Gasteiger partial charge on any atom is -0.366 e. The number of nitrogens with one attached hydrogen (secondary N) is 1. The Labute approximate surface area is 142 Å². The third-order valence-electron chi connectivity index (χ3n) is 4.78. The summed E-state index contributed by atoms with van der Waals surface area (Å²) in [6.07, 6.45) is 0.880. The molecule has 0 aliphatic carbocycles. The molecule has 3 N–H and O–H groups in total. The van der Waals surface area contributed by atoms with Crippen molar-refractivity contribution in [3.63, 3.8) is 0 Å². The number of carbonyl (C=O) groups is 1. The second kappa shape index (κ2) is 6.76. The fourth-order valence-corrected chi connectivity index (χ4v) is 4.93. The lowest BCUT2D eigenvalue weighted by Crippen LogP contribution is -2.43. The number of nitrogens with two attached hydrogens (primary N) is 1. The number of hydrogen-bond acceptors (Lipinski definition) is 4. The second-order valence-corrected chi connectivity index (χ2v) is 8.11. The maximum Gasteiger partial charge on any atom is 0.249 e. The third kappa shape index (κ3) is 3.38. The predicted molar refractivity (Wildman–Crippen MR) is 90.2 cm³/mol. The number of rotatable bonds is 3. The van der Waals surface area contributed by atoms with Gasteiger partial charge < -0.3 is 11.1 Å². The number of nitrogens with zero attached hydrogens (tertiary/aromatic N) is 1. The molecular formula is C15H22ClN3O3S. The van der Waals surface area contributed by atoms with Crippen LogP contribution >= 0.6 is 12.4 Å². The fourth-order valence-electron chi connectivity index (χ4n) is 3.40. The SMILES string of the molecule is Cc1ccc(S(=O)(=O)N2CCC3CNCC3C2)cc1C(N)=O.Cl. The largest absolute Gasteiger partial charge is 0.366 e. The number of amides is 1. The summed E-state index contributed by atoms with van der Waals surface area (Å²) in [6, 6.07) is 4.58. The number of sulfonamides is 1. The highest BCUT2D eigenvalue weighted by Gasteiger charge is 2.37. The summed E-state index contributed by atoms with van der Waals surface area (Å²) < 4.78 is 27.2. The van der Waals surface area contributed by atoms with Crippen molar-refractivity contribution >= 4 is 28.3 Å². The zero-order valence-electron chi connectivity index (χ0n) is 13.0. The summed E-state index contributed by atoms with van der Waals surface area (Å²) in [7, 11) is -3.58. The Morgan fingerprint density at radius 3 is 2.70 bits per heavy atom. The molecule has 1 aromatic carbocycles. The first-order chi connectivity index (χ1) is 10.4. The standard InChI is InChI=1S/C15H21N3O3S.ClH/c1-10-2-3-13(6-14(10)15(16)19)22(20,21)18-5-4-11-7-17-8-12(11)9-18;/h2-3,6,11-12,17H,4-5,7-9H2,1H3,(H2,16,19);1H. The van der Waals surface area contributed by atoms with E-state index in [-0.39, 0.29) is 22.9 Å². The third-order valence-corrected chi connectivity index (χ3v) is 6.64. The number of aryl methyl sites for hydroxylation is 1. The molecule has 2 heterocycles. The van der Waals surface area contributed by atoms with E-state index in [1.807, 2.05) is 0 Å². The Morgan fingerprint density at radius 2 is 2.00 bits per heavy atom. The van der Waals surface area contributed by atoms with Gasteiger partial charge in [0.1, 0.15) is 0 Å². The van der Waals surface area contributed by atoms with E-state index in [4.69, 9.17) is 5.73 Å². The first kappa shape index (κ1) is 18.2. The van der Waals surface area contributed by atoms with Gasteiger partial charge in [0.15, 0.2) is 0 Å². The molecule has 0 aromatic heterocycles. The Morgan fingerprint density at radius 1 is 1.30 bits per heavy atom.